The number of piperazine rings is 1. The zero-order chi connectivity index (χ0) is 16.8. The van der Waals surface area contributed by atoms with Crippen LogP contribution >= 0.6 is 0 Å². The molecule has 0 amide bonds. The Kier molecular flexibility index (Phi) is 5.88. The summed E-state index contributed by atoms with van der Waals surface area (Å²) in [7, 11) is 0. The van der Waals surface area contributed by atoms with Crippen molar-refractivity contribution in [1.29, 1.82) is 0 Å². The van der Waals surface area contributed by atoms with E-state index in [1.54, 1.807) is 6.07 Å². The van der Waals surface area contributed by atoms with Crippen molar-refractivity contribution in [2.24, 2.45) is 0 Å². The van der Waals surface area contributed by atoms with Crippen molar-refractivity contribution in [2.45, 2.75) is 12.8 Å². The van der Waals surface area contributed by atoms with E-state index >= 15 is 0 Å². The summed E-state index contributed by atoms with van der Waals surface area (Å²) in [5.41, 5.74) is 2.18. The quantitative estimate of drug-likeness (QED) is 0.811. The van der Waals surface area contributed by atoms with Gasteiger partial charge in [0, 0.05) is 51.7 Å². The standard InChI is InChI=1S/C19H23F2N3/c20-18-2-1-17(15-19(18)21)6-10-24-13-11-23(12-14-24)9-5-16-3-7-22-8-4-16/h1-4,7-8,15H,5-6,9-14H2. The van der Waals surface area contributed by atoms with Crippen LogP contribution in [-0.2, 0) is 12.8 Å². The fourth-order valence-electron chi connectivity index (χ4n) is 3.06. The lowest BCUT2D eigenvalue weighted by molar-refractivity contribution is 0.134. The van der Waals surface area contributed by atoms with Gasteiger partial charge in [-0.1, -0.05) is 6.07 Å². The largest absolute Gasteiger partial charge is 0.300 e. The highest BCUT2D eigenvalue weighted by molar-refractivity contribution is 5.18. The maximum absolute atomic E-state index is 13.2. The maximum Gasteiger partial charge on any atom is 0.159 e. The van der Waals surface area contributed by atoms with E-state index in [1.807, 2.05) is 12.4 Å². The molecule has 1 aromatic carbocycles. The predicted octanol–water partition coefficient (Wildman–Crippen LogP) is 2.76. The molecule has 1 fully saturated rings. The van der Waals surface area contributed by atoms with Gasteiger partial charge < -0.3 is 9.80 Å². The second-order valence-electron chi connectivity index (χ2n) is 6.29. The van der Waals surface area contributed by atoms with Crippen LogP contribution in [0.2, 0.25) is 0 Å². The van der Waals surface area contributed by atoms with Crippen LogP contribution in [0.1, 0.15) is 11.1 Å². The summed E-state index contributed by atoms with van der Waals surface area (Å²) in [4.78, 5) is 8.91. The Morgan fingerprint density at radius 2 is 1.33 bits per heavy atom. The summed E-state index contributed by atoms with van der Waals surface area (Å²) < 4.78 is 26.2. The molecule has 0 bridgehead atoms. The summed E-state index contributed by atoms with van der Waals surface area (Å²) in [5.74, 6) is -1.53. The highest BCUT2D eigenvalue weighted by atomic mass is 19.2. The molecule has 128 valence electrons. The number of rotatable bonds is 6. The molecular weight excluding hydrogens is 308 g/mol. The van der Waals surface area contributed by atoms with E-state index in [9.17, 15) is 8.78 Å². The average molecular weight is 331 g/mol. The molecule has 0 spiro atoms. The van der Waals surface area contributed by atoms with Crippen LogP contribution in [0.4, 0.5) is 8.78 Å². The number of benzene rings is 1. The Hall–Kier alpha value is -1.85. The number of nitrogens with zero attached hydrogens (tertiary/aromatic N) is 3. The first kappa shape index (κ1) is 17.0. The lowest BCUT2D eigenvalue weighted by Crippen LogP contribution is -2.47. The zero-order valence-corrected chi connectivity index (χ0v) is 13.8. The fraction of sp³-hybridized carbons (Fsp3) is 0.421. The van der Waals surface area contributed by atoms with Gasteiger partial charge in [0.25, 0.3) is 0 Å². The summed E-state index contributed by atoms with van der Waals surface area (Å²) >= 11 is 0. The Labute approximate surface area is 141 Å². The number of halogens is 2. The van der Waals surface area contributed by atoms with E-state index in [-0.39, 0.29) is 0 Å². The molecule has 1 aromatic heterocycles. The Morgan fingerprint density at radius 1 is 0.750 bits per heavy atom. The Bertz CT molecular complexity index is 640. The smallest absolute Gasteiger partial charge is 0.159 e. The molecule has 24 heavy (non-hydrogen) atoms. The van der Waals surface area contributed by atoms with Crippen molar-refractivity contribution < 1.29 is 8.78 Å². The first-order valence-electron chi connectivity index (χ1n) is 8.48. The van der Waals surface area contributed by atoms with Gasteiger partial charge in [0.1, 0.15) is 0 Å². The number of aromatic nitrogens is 1. The second-order valence-corrected chi connectivity index (χ2v) is 6.29. The fourth-order valence-corrected chi connectivity index (χ4v) is 3.06. The van der Waals surface area contributed by atoms with Crippen molar-refractivity contribution in [1.82, 2.24) is 14.8 Å². The zero-order valence-electron chi connectivity index (χ0n) is 13.8. The van der Waals surface area contributed by atoms with Crippen molar-refractivity contribution in [3.05, 3.63) is 65.5 Å². The molecule has 5 heteroatoms. The summed E-state index contributed by atoms with van der Waals surface area (Å²) in [6, 6.07) is 8.32. The average Bonchev–Trinajstić information content (AvgIpc) is 2.63. The minimum atomic E-state index is -0.776. The normalized spacial score (nSPS) is 16.4. The molecule has 2 aromatic rings. The van der Waals surface area contributed by atoms with Crippen LogP contribution in [0.5, 0.6) is 0 Å². The molecule has 1 aliphatic rings. The van der Waals surface area contributed by atoms with Crippen LogP contribution in [0.15, 0.2) is 42.7 Å². The van der Waals surface area contributed by atoms with Crippen LogP contribution < -0.4 is 0 Å². The van der Waals surface area contributed by atoms with Gasteiger partial charge in [0.15, 0.2) is 11.6 Å². The van der Waals surface area contributed by atoms with Crippen LogP contribution in [0.3, 0.4) is 0 Å². The van der Waals surface area contributed by atoms with Gasteiger partial charge in [-0.15, -0.1) is 0 Å². The summed E-state index contributed by atoms with van der Waals surface area (Å²) in [6.45, 7) is 6.13. The first-order chi connectivity index (χ1) is 11.7. The molecule has 2 heterocycles. The number of pyridine rings is 1. The van der Waals surface area contributed by atoms with Gasteiger partial charge in [0.05, 0.1) is 0 Å². The third-order valence-corrected chi connectivity index (χ3v) is 4.63. The summed E-state index contributed by atoms with van der Waals surface area (Å²) in [5, 5.41) is 0. The van der Waals surface area contributed by atoms with Crippen molar-refractivity contribution >= 4 is 0 Å². The molecule has 0 atom stereocenters. The highest BCUT2D eigenvalue weighted by Crippen LogP contribution is 2.11. The lowest BCUT2D eigenvalue weighted by Gasteiger charge is -2.34. The van der Waals surface area contributed by atoms with E-state index in [2.05, 4.69) is 26.9 Å². The van der Waals surface area contributed by atoms with Gasteiger partial charge in [-0.2, -0.15) is 0 Å². The third-order valence-electron chi connectivity index (χ3n) is 4.63. The Balaban J connectivity index is 1.38. The molecule has 0 saturated carbocycles. The minimum Gasteiger partial charge on any atom is -0.300 e. The molecule has 0 radical (unpaired) electrons. The van der Waals surface area contributed by atoms with Gasteiger partial charge in [-0.05, 0) is 48.2 Å². The van der Waals surface area contributed by atoms with Crippen molar-refractivity contribution in [3.63, 3.8) is 0 Å². The van der Waals surface area contributed by atoms with E-state index < -0.39 is 11.6 Å². The van der Waals surface area contributed by atoms with Crippen LogP contribution in [-0.4, -0.2) is 54.1 Å². The van der Waals surface area contributed by atoms with E-state index in [1.165, 1.54) is 17.7 Å². The maximum atomic E-state index is 13.2. The van der Waals surface area contributed by atoms with Gasteiger partial charge in [-0.25, -0.2) is 8.78 Å². The summed E-state index contributed by atoms with van der Waals surface area (Å²) in [6.07, 6.45) is 5.49. The van der Waals surface area contributed by atoms with E-state index in [4.69, 9.17) is 0 Å². The molecule has 0 N–H and O–H groups in total. The number of hydrogen-bond donors (Lipinski definition) is 0. The van der Waals surface area contributed by atoms with Gasteiger partial charge >= 0.3 is 0 Å². The second kappa shape index (κ2) is 8.31. The first-order valence-corrected chi connectivity index (χ1v) is 8.48. The monoisotopic (exact) mass is 331 g/mol. The molecule has 3 rings (SSSR count). The van der Waals surface area contributed by atoms with Gasteiger partial charge in [-0.3, -0.25) is 4.98 Å². The molecular formula is C19H23F2N3. The van der Waals surface area contributed by atoms with E-state index in [0.29, 0.717) is 0 Å². The van der Waals surface area contributed by atoms with Crippen LogP contribution in [0, 0.1) is 11.6 Å². The molecule has 3 nitrogen and oxygen atoms in total. The molecule has 0 unspecified atom stereocenters. The SMILES string of the molecule is Fc1ccc(CCN2CCN(CCc3ccncc3)CC2)cc1F. The highest BCUT2D eigenvalue weighted by Gasteiger charge is 2.16. The predicted molar refractivity (Wildman–Crippen MR) is 90.9 cm³/mol. The van der Waals surface area contributed by atoms with Crippen molar-refractivity contribution in [3.8, 4) is 0 Å². The third kappa shape index (κ3) is 4.82. The number of hydrogen-bond acceptors (Lipinski definition) is 3. The van der Waals surface area contributed by atoms with Crippen molar-refractivity contribution in [2.75, 3.05) is 39.3 Å². The van der Waals surface area contributed by atoms with E-state index in [0.717, 1.165) is 57.7 Å². The topological polar surface area (TPSA) is 19.4 Å². The molecule has 0 aliphatic carbocycles. The van der Waals surface area contributed by atoms with Crippen LogP contribution in [0.25, 0.3) is 0 Å². The molecule has 1 aliphatic heterocycles. The minimum absolute atomic E-state index is 0.756. The molecule has 1 saturated heterocycles. The Morgan fingerprint density at radius 3 is 1.92 bits per heavy atom. The lowest BCUT2D eigenvalue weighted by atomic mass is 10.1. The van der Waals surface area contributed by atoms with Gasteiger partial charge in [0.2, 0.25) is 0 Å².